The van der Waals surface area contributed by atoms with E-state index in [4.69, 9.17) is 23.2 Å². The summed E-state index contributed by atoms with van der Waals surface area (Å²) in [4.78, 5) is 44.9. The lowest BCUT2D eigenvalue weighted by Crippen LogP contribution is -2.36. The quantitative estimate of drug-likeness (QED) is 0.438. The molecule has 1 atom stereocenters. The Morgan fingerprint density at radius 1 is 1.16 bits per heavy atom. The first-order valence-electron chi connectivity index (χ1n) is 9.90. The monoisotopic (exact) mass is 471 g/mol. The van der Waals surface area contributed by atoms with Crippen molar-refractivity contribution in [1.29, 1.82) is 0 Å². The number of amides is 2. The summed E-state index contributed by atoms with van der Waals surface area (Å²) in [6, 6.07) is 12.2. The topological polar surface area (TPSA) is 116 Å². The molecular weight excluding hydrogens is 453 g/mol. The molecule has 1 aromatic heterocycles. The van der Waals surface area contributed by atoms with E-state index in [9.17, 15) is 14.4 Å². The SMILES string of the molecule is CCc1ccc(NC(=O)[C@@H]2CC(=O)Nc3nc(Nc4ccc(Cl)cc4Cl)[nH]c(=O)c32)cc1. The van der Waals surface area contributed by atoms with E-state index in [1.54, 1.807) is 24.3 Å². The molecule has 0 aliphatic carbocycles. The number of benzene rings is 2. The van der Waals surface area contributed by atoms with Gasteiger partial charge < -0.3 is 16.0 Å². The number of carbonyl (C=O) groups is 2. The highest BCUT2D eigenvalue weighted by Gasteiger charge is 2.34. The lowest BCUT2D eigenvalue weighted by Gasteiger charge is -2.23. The van der Waals surface area contributed by atoms with E-state index in [0.717, 1.165) is 12.0 Å². The van der Waals surface area contributed by atoms with E-state index in [2.05, 4.69) is 25.9 Å². The normalized spacial score (nSPS) is 15.0. The van der Waals surface area contributed by atoms with Crippen LogP contribution in [0.15, 0.2) is 47.3 Å². The van der Waals surface area contributed by atoms with E-state index in [-0.39, 0.29) is 23.8 Å². The van der Waals surface area contributed by atoms with Crippen LogP contribution in [0.4, 0.5) is 23.1 Å². The standard InChI is InChI=1S/C22H19Cl2N5O3/c1-2-11-3-6-13(7-4-11)25-20(31)14-10-17(30)27-19-18(14)21(32)29-22(28-19)26-16-8-5-12(23)9-15(16)24/h3-9,14H,2,10H2,1H3,(H,25,31)(H3,26,27,28,29,30,32)/t14-/m1/s1. The minimum Gasteiger partial charge on any atom is -0.326 e. The minimum atomic E-state index is -0.978. The zero-order valence-corrected chi connectivity index (χ0v) is 18.5. The number of halogens is 2. The molecule has 1 aliphatic heterocycles. The number of H-pyrrole nitrogens is 1. The van der Waals surface area contributed by atoms with Gasteiger partial charge in [-0.1, -0.05) is 42.3 Å². The fourth-order valence-corrected chi connectivity index (χ4v) is 3.88. The summed E-state index contributed by atoms with van der Waals surface area (Å²) in [5.74, 6) is -1.76. The minimum absolute atomic E-state index is 0.0269. The Morgan fingerprint density at radius 2 is 1.91 bits per heavy atom. The molecule has 4 N–H and O–H groups in total. The van der Waals surface area contributed by atoms with Crippen LogP contribution in [0, 0.1) is 0 Å². The highest BCUT2D eigenvalue weighted by Crippen LogP contribution is 2.31. The van der Waals surface area contributed by atoms with Crippen molar-refractivity contribution < 1.29 is 9.59 Å². The van der Waals surface area contributed by atoms with E-state index < -0.39 is 23.3 Å². The van der Waals surface area contributed by atoms with Gasteiger partial charge in [-0.05, 0) is 42.3 Å². The summed E-state index contributed by atoms with van der Waals surface area (Å²) in [5, 5.41) is 9.02. The van der Waals surface area contributed by atoms with Crippen LogP contribution >= 0.6 is 23.2 Å². The second kappa shape index (κ2) is 9.02. The second-order valence-electron chi connectivity index (χ2n) is 7.27. The molecule has 8 nitrogen and oxygen atoms in total. The van der Waals surface area contributed by atoms with Gasteiger partial charge in [-0.3, -0.25) is 19.4 Å². The van der Waals surface area contributed by atoms with Crippen molar-refractivity contribution >= 4 is 58.2 Å². The lowest BCUT2D eigenvalue weighted by atomic mass is 9.92. The Balaban J connectivity index is 1.62. The van der Waals surface area contributed by atoms with Crippen LogP contribution in [-0.4, -0.2) is 21.8 Å². The van der Waals surface area contributed by atoms with Crippen molar-refractivity contribution in [2.24, 2.45) is 0 Å². The number of hydrogen-bond donors (Lipinski definition) is 4. The fraction of sp³-hybridized carbons (Fsp3) is 0.182. The number of nitrogens with zero attached hydrogens (tertiary/aromatic N) is 1. The number of hydrogen-bond acceptors (Lipinski definition) is 5. The van der Waals surface area contributed by atoms with Crippen LogP contribution < -0.4 is 21.5 Å². The Hall–Kier alpha value is -3.36. The maximum absolute atomic E-state index is 12.9. The molecule has 32 heavy (non-hydrogen) atoms. The van der Waals surface area contributed by atoms with Crippen LogP contribution in [0.2, 0.25) is 10.0 Å². The van der Waals surface area contributed by atoms with Crippen LogP contribution in [0.5, 0.6) is 0 Å². The third-order valence-electron chi connectivity index (χ3n) is 5.08. The van der Waals surface area contributed by atoms with Crippen LogP contribution in [0.3, 0.4) is 0 Å². The predicted octanol–water partition coefficient (Wildman–Crippen LogP) is 4.45. The molecule has 2 aromatic carbocycles. The summed E-state index contributed by atoms with van der Waals surface area (Å²) in [7, 11) is 0. The van der Waals surface area contributed by atoms with E-state index in [0.29, 0.717) is 21.4 Å². The van der Waals surface area contributed by atoms with Crippen molar-refractivity contribution in [2.45, 2.75) is 25.7 Å². The molecule has 0 saturated carbocycles. The number of carbonyl (C=O) groups excluding carboxylic acids is 2. The molecule has 0 bridgehead atoms. The molecule has 0 spiro atoms. The number of aromatic nitrogens is 2. The molecule has 0 unspecified atom stereocenters. The number of nitrogens with one attached hydrogen (secondary N) is 4. The van der Waals surface area contributed by atoms with E-state index in [1.807, 2.05) is 19.1 Å². The predicted molar refractivity (Wildman–Crippen MR) is 125 cm³/mol. The zero-order valence-electron chi connectivity index (χ0n) is 17.0. The Kier molecular flexibility index (Phi) is 6.16. The van der Waals surface area contributed by atoms with E-state index in [1.165, 1.54) is 6.07 Å². The van der Waals surface area contributed by atoms with Gasteiger partial charge in [-0.25, -0.2) is 0 Å². The molecule has 0 fully saturated rings. The molecule has 4 rings (SSSR count). The number of anilines is 4. The van der Waals surface area contributed by atoms with Gasteiger partial charge in [0, 0.05) is 17.1 Å². The summed E-state index contributed by atoms with van der Waals surface area (Å²) in [6.07, 6.45) is 0.718. The third-order valence-corrected chi connectivity index (χ3v) is 5.63. The third kappa shape index (κ3) is 4.61. The Bertz CT molecular complexity index is 1260. The van der Waals surface area contributed by atoms with Gasteiger partial charge in [0.1, 0.15) is 5.82 Å². The molecule has 2 amide bonds. The largest absolute Gasteiger partial charge is 0.326 e. The number of aryl methyl sites for hydroxylation is 1. The zero-order chi connectivity index (χ0) is 22.8. The molecule has 2 heterocycles. The van der Waals surface area contributed by atoms with E-state index >= 15 is 0 Å². The van der Waals surface area contributed by atoms with Gasteiger partial charge in [0.2, 0.25) is 17.8 Å². The summed E-state index contributed by atoms with van der Waals surface area (Å²) < 4.78 is 0. The van der Waals surface area contributed by atoms with Crippen LogP contribution in [0.25, 0.3) is 0 Å². The van der Waals surface area contributed by atoms with Crippen molar-refractivity contribution in [3.8, 4) is 0 Å². The molecule has 164 valence electrons. The number of rotatable bonds is 5. The van der Waals surface area contributed by atoms with Crippen molar-refractivity contribution in [3.05, 3.63) is 74.0 Å². The first-order chi connectivity index (χ1) is 15.3. The average Bonchev–Trinajstić information content (AvgIpc) is 2.75. The first-order valence-corrected chi connectivity index (χ1v) is 10.7. The van der Waals surface area contributed by atoms with Crippen molar-refractivity contribution in [3.63, 3.8) is 0 Å². The van der Waals surface area contributed by atoms with Gasteiger partial charge in [0.15, 0.2) is 0 Å². The maximum Gasteiger partial charge on any atom is 0.258 e. The molecule has 0 saturated heterocycles. The van der Waals surface area contributed by atoms with Crippen molar-refractivity contribution in [2.75, 3.05) is 16.0 Å². The van der Waals surface area contributed by atoms with Crippen LogP contribution in [0.1, 0.15) is 30.4 Å². The smallest absolute Gasteiger partial charge is 0.258 e. The summed E-state index contributed by atoms with van der Waals surface area (Å²) in [5.41, 5.74) is 1.74. The van der Waals surface area contributed by atoms with Gasteiger partial charge in [0.05, 0.1) is 22.2 Å². The van der Waals surface area contributed by atoms with Crippen molar-refractivity contribution in [1.82, 2.24) is 9.97 Å². The average molecular weight is 472 g/mol. The molecule has 0 radical (unpaired) electrons. The lowest BCUT2D eigenvalue weighted by molar-refractivity contribution is -0.123. The molecule has 1 aliphatic rings. The highest BCUT2D eigenvalue weighted by atomic mass is 35.5. The van der Waals surface area contributed by atoms with Crippen LogP contribution in [-0.2, 0) is 16.0 Å². The van der Waals surface area contributed by atoms with Gasteiger partial charge in [-0.15, -0.1) is 0 Å². The Morgan fingerprint density at radius 3 is 2.59 bits per heavy atom. The molecular formula is C22H19Cl2N5O3. The Labute approximate surface area is 193 Å². The number of fused-ring (bicyclic) bond motifs is 1. The molecule has 3 aromatic rings. The first kappa shape index (κ1) is 21.9. The second-order valence-corrected chi connectivity index (χ2v) is 8.11. The summed E-state index contributed by atoms with van der Waals surface area (Å²) >= 11 is 12.1. The fourth-order valence-electron chi connectivity index (χ4n) is 3.43. The molecule has 10 heteroatoms. The maximum atomic E-state index is 12.9. The summed E-state index contributed by atoms with van der Waals surface area (Å²) in [6.45, 7) is 2.04. The number of aromatic amines is 1. The highest BCUT2D eigenvalue weighted by molar-refractivity contribution is 6.36. The van der Waals surface area contributed by atoms with Gasteiger partial charge in [-0.2, -0.15) is 4.98 Å². The van der Waals surface area contributed by atoms with Gasteiger partial charge >= 0.3 is 0 Å². The van der Waals surface area contributed by atoms with Gasteiger partial charge in [0.25, 0.3) is 5.56 Å².